The van der Waals surface area contributed by atoms with Crippen molar-refractivity contribution in [1.29, 1.82) is 0 Å². The highest BCUT2D eigenvalue weighted by molar-refractivity contribution is 5.84. The standard InChI is InChI=1S/C18H30N2O7/c1-10(21)19-9-11-8-12(15(22)25-6)13(16(23)26-7)14(11)20(5)17(24)27-18(2,3)4/h11-14H,8-9H2,1-7H3,(H,19,21). The molecule has 1 aliphatic rings. The van der Waals surface area contributed by atoms with Crippen molar-refractivity contribution in [3.63, 3.8) is 0 Å². The molecule has 0 radical (unpaired) electrons. The van der Waals surface area contributed by atoms with E-state index in [0.717, 1.165) is 0 Å². The number of amides is 2. The Labute approximate surface area is 159 Å². The van der Waals surface area contributed by atoms with Gasteiger partial charge in [0, 0.05) is 20.5 Å². The molecule has 9 nitrogen and oxygen atoms in total. The van der Waals surface area contributed by atoms with Gasteiger partial charge in [-0.1, -0.05) is 0 Å². The molecule has 4 unspecified atom stereocenters. The number of hydrogen-bond acceptors (Lipinski definition) is 7. The van der Waals surface area contributed by atoms with Crippen LogP contribution in [-0.2, 0) is 28.6 Å². The Bertz CT molecular complexity index is 585. The number of nitrogens with zero attached hydrogens (tertiary/aromatic N) is 1. The summed E-state index contributed by atoms with van der Waals surface area (Å²) in [5.74, 6) is -3.46. The molecular weight excluding hydrogens is 356 g/mol. The van der Waals surface area contributed by atoms with E-state index >= 15 is 0 Å². The van der Waals surface area contributed by atoms with Crippen LogP contribution in [0.1, 0.15) is 34.1 Å². The maximum Gasteiger partial charge on any atom is 0.410 e. The SMILES string of the molecule is COC(=O)C1CC(CNC(C)=O)C(N(C)C(=O)OC(C)(C)C)C1C(=O)OC. The molecule has 1 fully saturated rings. The van der Waals surface area contributed by atoms with E-state index in [4.69, 9.17) is 14.2 Å². The van der Waals surface area contributed by atoms with E-state index in [9.17, 15) is 19.2 Å². The van der Waals surface area contributed by atoms with E-state index in [2.05, 4.69) is 5.32 Å². The Kier molecular flexibility index (Phi) is 7.62. The summed E-state index contributed by atoms with van der Waals surface area (Å²) in [5.41, 5.74) is -0.723. The molecule has 1 aliphatic carbocycles. The van der Waals surface area contributed by atoms with Gasteiger partial charge in [-0.25, -0.2) is 4.79 Å². The molecule has 0 aromatic carbocycles. The fourth-order valence-electron chi connectivity index (χ4n) is 3.47. The normalized spacial score (nSPS) is 24.7. The molecule has 0 aliphatic heterocycles. The van der Waals surface area contributed by atoms with Gasteiger partial charge in [0.05, 0.1) is 32.1 Å². The average Bonchev–Trinajstić information content (AvgIpc) is 2.95. The van der Waals surface area contributed by atoms with Crippen LogP contribution in [0.3, 0.4) is 0 Å². The summed E-state index contributed by atoms with van der Waals surface area (Å²) >= 11 is 0. The quantitative estimate of drug-likeness (QED) is 0.553. The van der Waals surface area contributed by atoms with Gasteiger partial charge in [-0.3, -0.25) is 14.4 Å². The summed E-state index contributed by atoms with van der Waals surface area (Å²) in [6, 6.07) is -0.691. The third kappa shape index (κ3) is 5.83. The molecule has 0 aromatic rings. The first-order valence-electron chi connectivity index (χ1n) is 8.78. The topological polar surface area (TPSA) is 111 Å². The van der Waals surface area contributed by atoms with E-state index in [1.807, 2.05) is 0 Å². The molecule has 1 N–H and O–H groups in total. The van der Waals surface area contributed by atoms with Crippen LogP contribution in [0.2, 0.25) is 0 Å². The van der Waals surface area contributed by atoms with Gasteiger partial charge in [-0.05, 0) is 33.1 Å². The first kappa shape index (κ1) is 22.7. The highest BCUT2D eigenvalue weighted by Gasteiger charge is 2.54. The third-order valence-corrected chi connectivity index (χ3v) is 4.56. The molecule has 4 atom stereocenters. The number of ether oxygens (including phenoxy) is 3. The van der Waals surface area contributed by atoms with Crippen molar-refractivity contribution >= 4 is 23.9 Å². The summed E-state index contributed by atoms with van der Waals surface area (Å²) in [4.78, 5) is 49.9. The molecule has 27 heavy (non-hydrogen) atoms. The molecule has 0 bridgehead atoms. The predicted octanol–water partition coefficient (Wildman–Crippen LogP) is 0.956. The zero-order valence-electron chi connectivity index (χ0n) is 17.0. The number of rotatable bonds is 5. The van der Waals surface area contributed by atoms with Crippen molar-refractivity contribution in [1.82, 2.24) is 10.2 Å². The Morgan fingerprint density at radius 1 is 1.07 bits per heavy atom. The molecule has 154 valence electrons. The molecule has 2 amide bonds. The van der Waals surface area contributed by atoms with Crippen molar-refractivity contribution in [3.8, 4) is 0 Å². The van der Waals surface area contributed by atoms with E-state index in [0.29, 0.717) is 0 Å². The van der Waals surface area contributed by atoms with E-state index < -0.39 is 41.5 Å². The Morgan fingerprint density at radius 2 is 1.63 bits per heavy atom. The average molecular weight is 386 g/mol. The minimum atomic E-state index is -0.918. The fraction of sp³-hybridized carbons (Fsp3) is 0.778. The molecule has 1 rings (SSSR count). The molecule has 0 aromatic heterocycles. The second kappa shape index (κ2) is 9.05. The smallest absolute Gasteiger partial charge is 0.410 e. The number of methoxy groups -OCH3 is 2. The number of nitrogens with one attached hydrogen (secondary N) is 1. The number of carbonyl (C=O) groups is 4. The van der Waals surface area contributed by atoms with Crippen molar-refractivity contribution in [2.45, 2.75) is 45.8 Å². The first-order valence-corrected chi connectivity index (χ1v) is 8.78. The first-order chi connectivity index (χ1) is 12.4. The van der Waals surface area contributed by atoms with Crippen LogP contribution in [0.25, 0.3) is 0 Å². The van der Waals surface area contributed by atoms with Crippen LogP contribution in [0.15, 0.2) is 0 Å². The monoisotopic (exact) mass is 386 g/mol. The lowest BCUT2D eigenvalue weighted by Crippen LogP contribution is -2.50. The van der Waals surface area contributed by atoms with Crippen LogP contribution in [0.4, 0.5) is 4.79 Å². The van der Waals surface area contributed by atoms with Gasteiger partial charge in [0.2, 0.25) is 5.91 Å². The summed E-state index contributed by atoms with van der Waals surface area (Å²) in [6.45, 7) is 6.77. The Balaban J connectivity index is 3.24. The largest absolute Gasteiger partial charge is 0.469 e. The van der Waals surface area contributed by atoms with Crippen LogP contribution < -0.4 is 5.32 Å². The van der Waals surface area contributed by atoms with Crippen molar-refractivity contribution in [2.75, 3.05) is 27.8 Å². The van der Waals surface area contributed by atoms with E-state index in [1.165, 1.54) is 33.1 Å². The van der Waals surface area contributed by atoms with Gasteiger partial charge in [0.25, 0.3) is 0 Å². The van der Waals surface area contributed by atoms with Gasteiger partial charge < -0.3 is 24.4 Å². The van der Waals surface area contributed by atoms with Crippen molar-refractivity contribution in [2.24, 2.45) is 17.8 Å². The molecule has 1 saturated carbocycles. The fourth-order valence-corrected chi connectivity index (χ4v) is 3.47. The molecule has 9 heteroatoms. The highest BCUT2D eigenvalue weighted by Crippen LogP contribution is 2.41. The number of esters is 2. The summed E-state index contributed by atoms with van der Waals surface area (Å²) in [5, 5.41) is 2.69. The summed E-state index contributed by atoms with van der Waals surface area (Å²) in [6.07, 6.45) is -0.357. The second-order valence-electron chi connectivity index (χ2n) is 7.69. The minimum absolute atomic E-state index is 0.203. The molecule has 0 saturated heterocycles. The van der Waals surface area contributed by atoms with Gasteiger partial charge in [-0.2, -0.15) is 0 Å². The summed E-state index contributed by atoms with van der Waals surface area (Å²) in [7, 11) is 3.97. The van der Waals surface area contributed by atoms with Crippen LogP contribution in [0.5, 0.6) is 0 Å². The van der Waals surface area contributed by atoms with E-state index in [1.54, 1.807) is 20.8 Å². The zero-order chi connectivity index (χ0) is 20.9. The van der Waals surface area contributed by atoms with Gasteiger partial charge in [-0.15, -0.1) is 0 Å². The second-order valence-corrected chi connectivity index (χ2v) is 7.69. The lowest BCUT2D eigenvalue weighted by atomic mass is 9.92. The van der Waals surface area contributed by atoms with Gasteiger partial charge in [0.15, 0.2) is 0 Å². The van der Waals surface area contributed by atoms with Crippen LogP contribution in [0, 0.1) is 17.8 Å². The lowest BCUT2D eigenvalue weighted by molar-refractivity contribution is -0.157. The highest BCUT2D eigenvalue weighted by atomic mass is 16.6. The molecule has 0 heterocycles. The number of carbonyl (C=O) groups excluding carboxylic acids is 4. The molecule has 0 spiro atoms. The predicted molar refractivity (Wildman–Crippen MR) is 95.6 cm³/mol. The lowest BCUT2D eigenvalue weighted by Gasteiger charge is -2.34. The van der Waals surface area contributed by atoms with Crippen LogP contribution >= 0.6 is 0 Å². The van der Waals surface area contributed by atoms with Crippen molar-refractivity contribution in [3.05, 3.63) is 0 Å². The van der Waals surface area contributed by atoms with Gasteiger partial charge in [0.1, 0.15) is 5.60 Å². The maximum absolute atomic E-state index is 12.6. The Hall–Kier alpha value is -2.32. The minimum Gasteiger partial charge on any atom is -0.469 e. The summed E-state index contributed by atoms with van der Waals surface area (Å²) < 4.78 is 15.1. The third-order valence-electron chi connectivity index (χ3n) is 4.56. The molecular formula is C18H30N2O7. The number of hydrogen-bond donors (Lipinski definition) is 1. The van der Waals surface area contributed by atoms with Crippen molar-refractivity contribution < 1.29 is 33.4 Å². The van der Waals surface area contributed by atoms with Crippen LogP contribution in [-0.4, -0.2) is 68.3 Å². The van der Waals surface area contributed by atoms with E-state index in [-0.39, 0.29) is 24.8 Å². The Morgan fingerprint density at radius 3 is 2.07 bits per heavy atom. The van der Waals surface area contributed by atoms with Gasteiger partial charge >= 0.3 is 18.0 Å². The maximum atomic E-state index is 12.6. The zero-order valence-corrected chi connectivity index (χ0v) is 17.0.